The van der Waals surface area contributed by atoms with Crippen LogP contribution in [0.15, 0.2) is 0 Å². The van der Waals surface area contributed by atoms with Crippen LogP contribution in [0.3, 0.4) is 0 Å². The molecule has 0 spiro atoms. The van der Waals surface area contributed by atoms with Gasteiger partial charge in [0.05, 0.1) is 0 Å². The van der Waals surface area contributed by atoms with E-state index in [1.54, 1.807) is 0 Å². The molecule has 0 bridgehead atoms. The van der Waals surface area contributed by atoms with Gasteiger partial charge in [0.1, 0.15) is 0 Å². The van der Waals surface area contributed by atoms with Crippen molar-refractivity contribution < 1.29 is 4.74 Å². The van der Waals surface area contributed by atoms with Gasteiger partial charge in [-0.2, -0.15) is 0 Å². The molecule has 1 heterocycles. The lowest BCUT2D eigenvalue weighted by Gasteiger charge is -2.28. The monoisotopic (exact) mass is 142 g/mol. The highest BCUT2D eigenvalue weighted by molar-refractivity contribution is 4.69. The maximum Gasteiger partial charge on any atom is 0.0494 e. The first-order valence-electron chi connectivity index (χ1n) is 4.42. The van der Waals surface area contributed by atoms with Gasteiger partial charge in [-0.3, -0.25) is 0 Å². The summed E-state index contributed by atoms with van der Waals surface area (Å²) in [6.07, 6.45) is 4.01. The van der Waals surface area contributed by atoms with Gasteiger partial charge in [-0.1, -0.05) is 26.7 Å². The molecule has 1 nitrogen and oxygen atoms in total. The Hall–Kier alpha value is -0.0400. The molecule has 0 aromatic carbocycles. The van der Waals surface area contributed by atoms with Crippen molar-refractivity contribution >= 4 is 0 Å². The van der Waals surface area contributed by atoms with E-state index in [9.17, 15) is 0 Å². The third kappa shape index (κ3) is 1.98. The summed E-state index contributed by atoms with van der Waals surface area (Å²) < 4.78 is 5.36. The Bertz CT molecular complexity index is 88.7. The number of hydrogen-bond donors (Lipinski definition) is 0. The van der Waals surface area contributed by atoms with E-state index in [1.165, 1.54) is 19.3 Å². The zero-order chi connectivity index (χ0) is 7.40. The smallest absolute Gasteiger partial charge is 0.0494 e. The van der Waals surface area contributed by atoms with Crippen LogP contribution in [0, 0.1) is 11.8 Å². The summed E-state index contributed by atoms with van der Waals surface area (Å²) >= 11 is 0. The van der Waals surface area contributed by atoms with Gasteiger partial charge in [0.15, 0.2) is 0 Å². The third-order valence-electron chi connectivity index (χ3n) is 2.48. The Kier molecular flexibility index (Phi) is 3.20. The second kappa shape index (κ2) is 3.97. The minimum absolute atomic E-state index is 0.800. The number of hydrogen-bond acceptors (Lipinski definition) is 1. The average Bonchev–Trinajstić information content (AvgIpc) is 1.94. The molecule has 0 amide bonds. The van der Waals surface area contributed by atoms with Gasteiger partial charge in [0.2, 0.25) is 0 Å². The SMILES string of the molecule is CCCC1CCOCC1C. The van der Waals surface area contributed by atoms with Crippen molar-refractivity contribution in [3.8, 4) is 0 Å². The van der Waals surface area contributed by atoms with Gasteiger partial charge < -0.3 is 4.74 Å². The van der Waals surface area contributed by atoms with E-state index in [1.807, 2.05) is 0 Å². The van der Waals surface area contributed by atoms with Gasteiger partial charge in [0.25, 0.3) is 0 Å². The van der Waals surface area contributed by atoms with Gasteiger partial charge >= 0.3 is 0 Å². The molecule has 0 aromatic rings. The maximum absolute atomic E-state index is 5.36. The molecule has 0 saturated carbocycles. The van der Waals surface area contributed by atoms with Crippen molar-refractivity contribution in [2.45, 2.75) is 33.1 Å². The molecular formula is C9H18O. The lowest BCUT2D eigenvalue weighted by atomic mass is 9.86. The first-order valence-corrected chi connectivity index (χ1v) is 4.42. The van der Waals surface area contributed by atoms with Crippen molar-refractivity contribution in [2.75, 3.05) is 13.2 Å². The van der Waals surface area contributed by atoms with E-state index in [-0.39, 0.29) is 0 Å². The third-order valence-corrected chi connectivity index (χ3v) is 2.48. The molecule has 10 heavy (non-hydrogen) atoms. The van der Waals surface area contributed by atoms with Crippen molar-refractivity contribution in [3.05, 3.63) is 0 Å². The van der Waals surface area contributed by atoms with Crippen molar-refractivity contribution in [2.24, 2.45) is 11.8 Å². The first-order chi connectivity index (χ1) is 4.84. The molecule has 0 aliphatic carbocycles. The van der Waals surface area contributed by atoms with Crippen molar-refractivity contribution in [1.82, 2.24) is 0 Å². The molecule has 1 saturated heterocycles. The van der Waals surface area contributed by atoms with Crippen LogP contribution in [-0.4, -0.2) is 13.2 Å². The summed E-state index contributed by atoms with van der Waals surface area (Å²) in [6, 6.07) is 0. The summed E-state index contributed by atoms with van der Waals surface area (Å²) in [5.74, 6) is 1.74. The number of rotatable bonds is 2. The highest BCUT2D eigenvalue weighted by atomic mass is 16.5. The fraction of sp³-hybridized carbons (Fsp3) is 1.00. The van der Waals surface area contributed by atoms with Crippen LogP contribution in [-0.2, 0) is 4.74 Å². The van der Waals surface area contributed by atoms with E-state index < -0.39 is 0 Å². The van der Waals surface area contributed by atoms with E-state index >= 15 is 0 Å². The molecule has 1 aliphatic heterocycles. The summed E-state index contributed by atoms with van der Waals surface area (Å²) in [6.45, 7) is 6.56. The summed E-state index contributed by atoms with van der Waals surface area (Å²) in [5, 5.41) is 0. The van der Waals surface area contributed by atoms with E-state index in [0.29, 0.717) is 0 Å². The lowest BCUT2D eigenvalue weighted by Crippen LogP contribution is -2.24. The molecule has 0 radical (unpaired) electrons. The fourth-order valence-corrected chi connectivity index (χ4v) is 1.72. The van der Waals surface area contributed by atoms with Gasteiger partial charge in [-0.05, 0) is 18.3 Å². The predicted molar refractivity (Wildman–Crippen MR) is 43.0 cm³/mol. The normalized spacial score (nSPS) is 34.2. The molecule has 1 rings (SSSR count). The molecule has 1 heteroatoms. The van der Waals surface area contributed by atoms with Crippen LogP contribution in [0.2, 0.25) is 0 Å². The van der Waals surface area contributed by atoms with E-state index in [4.69, 9.17) is 4.74 Å². The molecular weight excluding hydrogens is 124 g/mol. The zero-order valence-corrected chi connectivity index (χ0v) is 7.10. The van der Waals surface area contributed by atoms with Crippen LogP contribution in [0.5, 0.6) is 0 Å². The summed E-state index contributed by atoms with van der Waals surface area (Å²) in [4.78, 5) is 0. The maximum atomic E-state index is 5.36. The molecule has 2 atom stereocenters. The average molecular weight is 142 g/mol. The van der Waals surface area contributed by atoms with Crippen LogP contribution >= 0.6 is 0 Å². The second-order valence-electron chi connectivity index (χ2n) is 3.39. The summed E-state index contributed by atoms with van der Waals surface area (Å²) in [5.41, 5.74) is 0. The minimum Gasteiger partial charge on any atom is -0.381 e. The quantitative estimate of drug-likeness (QED) is 0.575. The fourth-order valence-electron chi connectivity index (χ4n) is 1.72. The Labute approximate surface area is 63.8 Å². The highest BCUT2D eigenvalue weighted by Gasteiger charge is 2.20. The van der Waals surface area contributed by atoms with Gasteiger partial charge in [-0.25, -0.2) is 0 Å². The highest BCUT2D eigenvalue weighted by Crippen LogP contribution is 2.25. The Balaban J connectivity index is 2.25. The topological polar surface area (TPSA) is 9.23 Å². The molecule has 1 fully saturated rings. The van der Waals surface area contributed by atoms with E-state index in [0.717, 1.165) is 25.0 Å². The molecule has 1 aliphatic rings. The van der Waals surface area contributed by atoms with Crippen molar-refractivity contribution in [3.63, 3.8) is 0 Å². The zero-order valence-electron chi connectivity index (χ0n) is 7.10. The lowest BCUT2D eigenvalue weighted by molar-refractivity contribution is 0.0214. The van der Waals surface area contributed by atoms with Gasteiger partial charge in [0, 0.05) is 13.2 Å². The summed E-state index contributed by atoms with van der Waals surface area (Å²) in [7, 11) is 0. The van der Waals surface area contributed by atoms with Crippen molar-refractivity contribution in [1.29, 1.82) is 0 Å². The molecule has 60 valence electrons. The molecule has 0 aromatic heterocycles. The van der Waals surface area contributed by atoms with Crippen LogP contribution < -0.4 is 0 Å². The number of ether oxygens (including phenoxy) is 1. The Morgan fingerprint density at radius 3 is 2.90 bits per heavy atom. The Morgan fingerprint density at radius 1 is 1.50 bits per heavy atom. The van der Waals surface area contributed by atoms with Crippen LogP contribution in [0.1, 0.15) is 33.1 Å². The second-order valence-corrected chi connectivity index (χ2v) is 3.39. The van der Waals surface area contributed by atoms with Crippen LogP contribution in [0.4, 0.5) is 0 Å². The molecule has 2 unspecified atom stereocenters. The van der Waals surface area contributed by atoms with Crippen LogP contribution in [0.25, 0.3) is 0 Å². The Morgan fingerprint density at radius 2 is 2.30 bits per heavy atom. The first kappa shape index (κ1) is 8.06. The van der Waals surface area contributed by atoms with E-state index in [2.05, 4.69) is 13.8 Å². The minimum atomic E-state index is 0.800. The van der Waals surface area contributed by atoms with Gasteiger partial charge in [-0.15, -0.1) is 0 Å². The molecule has 0 N–H and O–H groups in total. The largest absolute Gasteiger partial charge is 0.381 e. The predicted octanol–water partition coefficient (Wildman–Crippen LogP) is 2.46. The standard InChI is InChI=1S/C9H18O/c1-3-4-9-5-6-10-7-8(9)2/h8-9H,3-7H2,1-2H3.